The summed E-state index contributed by atoms with van der Waals surface area (Å²) in [6, 6.07) is 14.1. The molecule has 0 saturated carbocycles. The minimum absolute atomic E-state index is 0.000337. The van der Waals surface area contributed by atoms with E-state index in [1.165, 1.54) is 11.0 Å². The molecule has 1 fully saturated rings. The first kappa shape index (κ1) is 19.3. The monoisotopic (exact) mass is 393 g/mol. The largest absolute Gasteiger partial charge is 0.340 e. The Morgan fingerprint density at radius 1 is 0.966 bits per heavy atom. The van der Waals surface area contributed by atoms with E-state index < -0.39 is 0 Å². The van der Waals surface area contributed by atoms with E-state index in [2.05, 4.69) is 11.5 Å². The molecule has 150 valence electrons. The smallest absolute Gasteiger partial charge is 0.259 e. The fourth-order valence-corrected chi connectivity index (χ4v) is 3.98. The lowest BCUT2D eigenvalue weighted by Crippen LogP contribution is -2.41. The maximum absolute atomic E-state index is 13.9. The molecule has 0 atom stereocenters. The number of halogens is 1. The molecule has 2 amide bonds. The number of hydrogen-bond acceptors (Lipinski definition) is 3. The predicted molar refractivity (Wildman–Crippen MR) is 109 cm³/mol. The highest BCUT2D eigenvalue weighted by atomic mass is 19.1. The van der Waals surface area contributed by atoms with Gasteiger partial charge in [0.1, 0.15) is 12.4 Å². The molecule has 2 aromatic carbocycles. The van der Waals surface area contributed by atoms with Gasteiger partial charge in [-0.1, -0.05) is 43.0 Å². The van der Waals surface area contributed by atoms with Crippen LogP contribution in [0.1, 0.15) is 27.9 Å². The average Bonchev–Trinajstić information content (AvgIpc) is 2.89. The molecule has 0 N–H and O–H groups in total. The van der Waals surface area contributed by atoms with Gasteiger partial charge < -0.3 is 4.90 Å². The third-order valence-electron chi connectivity index (χ3n) is 5.63. The van der Waals surface area contributed by atoms with E-state index in [-0.39, 0.29) is 24.2 Å². The summed E-state index contributed by atoms with van der Waals surface area (Å²) in [5.74, 6) is -0.453. The zero-order valence-corrected chi connectivity index (χ0v) is 16.3. The van der Waals surface area contributed by atoms with E-state index in [9.17, 15) is 14.0 Å². The molecule has 0 aliphatic carbocycles. The molecular weight excluding hydrogens is 369 g/mol. The Morgan fingerprint density at radius 2 is 1.69 bits per heavy atom. The van der Waals surface area contributed by atoms with Crippen molar-refractivity contribution in [3.63, 3.8) is 0 Å². The Bertz CT molecular complexity index is 924. The summed E-state index contributed by atoms with van der Waals surface area (Å²) in [7, 11) is 0. The van der Waals surface area contributed by atoms with E-state index in [1.54, 1.807) is 23.1 Å². The summed E-state index contributed by atoms with van der Waals surface area (Å²) >= 11 is 0. The summed E-state index contributed by atoms with van der Waals surface area (Å²) in [6.07, 6.45) is 0.815. The van der Waals surface area contributed by atoms with Crippen LogP contribution in [0.2, 0.25) is 0 Å². The maximum atomic E-state index is 13.9. The molecule has 0 bridgehead atoms. The highest BCUT2D eigenvalue weighted by molar-refractivity contribution is 6.10. The number of hydrogen-bond donors (Lipinski definition) is 0. The van der Waals surface area contributed by atoms with Crippen molar-refractivity contribution < 1.29 is 14.0 Å². The van der Waals surface area contributed by atoms with Crippen LogP contribution in [0.5, 0.6) is 0 Å². The molecule has 0 aromatic heterocycles. The summed E-state index contributed by atoms with van der Waals surface area (Å²) in [4.78, 5) is 30.9. The molecule has 0 unspecified atom stereocenters. The number of rotatable bonds is 4. The first-order valence-electron chi connectivity index (χ1n) is 9.88. The minimum atomic E-state index is -0.199. The molecule has 1 saturated heterocycles. The van der Waals surface area contributed by atoms with Crippen LogP contribution in [0.25, 0.3) is 5.70 Å². The van der Waals surface area contributed by atoms with Gasteiger partial charge in [-0.05, 0) is 18.6 Å². The van der Waals surface area contributed by atoms with Crippen LogP contribution in [0, 0.1) is 5.82 Å². The van der Waals surface area contributed by atoms with Gasteiger partial charge in [0.15, 0.2) is 0 Å². The van der Waals surface area contributed by atoms with Gasteiger partial charge in [0, 0.05) is 55.1 Å². The highest BCUT2D eigenvalue weighted by Gasteiger charge is 2.33. The molecule has 4 rings (SSSR count). The van der Waals surface area contributed by atoms with Crippen molar-refractivity contribution in [1.29, 1.82) is 0 Å². The van der Waals surface area contributed by atoms with Gasteiger partial charge in [0.25, 0.3) is 5.91 Å². The van der Waals surface area contributed by atoms with Crippen LogP contribution in [0.4, 0.5) is 4.39 Å². The van der Waals surface area contributed by atoms with Crippen molar-refractivity contribution in [2.45, 2.75) is 13.0 Å². The molecule has 0 spiro atoms. The summed E-state index contributed by atoms with van der Waals surface area (Å²) in [5, 5.41) is 0. The van der Waals surface area contributed by atoms with Crippen LogP contribution in [-0.4, -0.2) is 59.2 Å². The maximum Gasteiger partial charge on any atom is 0.259 e. The fraction of sp³-hybridized carbons (Fsp3) is 0.304. The first-order chi connectivity index (χ1) is 14.0. The van der Waals surface area contributed by atoms with Gasteiger partial charge in [-0.3, -0.25) is 19.4 Å². The van der Waals surface area contributed by atoms with Crippen molar-refractivity contribution in [1.82, 2.24) is 14.7 Å². The van der Waals surface area contributed by atoms with Crippen LogP contribution in [0.3, 0.4) is 0 Å². The Labute approximate surface area is 170 Å². The summed E-state index contributed by atoms with van der Waals surface area (Å²) < 4.78 is 13.9. The minimum Gasteiger partial charge on any atom is -0.340 e. The average molecular weight is 393 g/mol. The molecule has 2 aliphatic rings. The standard InChI is InChI=1S/C23H24FN3O2/c1-17-19-8-3-4-9-20(19)23(29)27(17)16-22(28)26-12-6-11-25(13-14-26)15-18-7-2-5-10-21(18)24/h2-5,7-10H,1,6,11-16H2. The second-order valence-corrected chi connectivity index (χ2v) is 7.49. The zero-order chi connectivity index (χ0) is 20.4. The molecule has 29 heavy (non-hydrogen) atoms. The third kappa shape index (κ3) is 3.93. The Hall–Kier alpha value is -2.99. The van der Waals surface area contributed by atoms with E-state index >= 15 is 0 Å². The molecule has 2 aliphatic heterocycles. The molecular formula is C23H24FN3O2. The Kier molecular flexibility index (Phi) is 5.45. The number of nitrogens with zero attached hydrogens (tertiary/aromatic N) is 3. The first-order valence-corrected chi connectivity index (χ1v) is 9.88. The number of carbonyl (C=O) groups is 2. The number of amides is 2. The van der Waals surface area contributed by atoms with Gasteiger partial charge in [-0.15, -0.1) is 0 Å². The number of carbonyl (C=O) groups excluding carboxylic acids is 2. The van der Waals surface area contributed by atoms with Crippen LogP contribution >= 0.6 is 0 Å². The third-order valence-corrected chi connectivity index (χ3v) is 5.63. The van der Waals surface area contributed by atoms with Crippen LogP contribution in [0.15, 0.2) is 55.1 Å². The van der Waals surface area contributed by atoms with E-state index in [4.69, 9.17) is 0 Å². The molecule has 2 heterocycles. The summed E-state index contributed by atoms with van der Waals surface area (Å²) in [6.45, 7) is 7.21. The van der Waals surface area contributed by atoms with Gasteiger partial charge >= 0.3 is 0 Å². The van der Waals surface area contributed by atoms with Crippen LogP contribution in [-0.2, 0) is 11.3 Å². The Balaban J connectivity index is 1.36. The van der Waals surface area contributed by atoms with Crippen molar-refractivity contribution in [2.75, 3.05) is 32.7 Å². The van der Waals surface area contributed by atoms with Gasteiger partial charge in [-0.2, -0.15) is 0 Å². The quantitative estimate of drug-likeness (QED) is 0.802. The number of benzene rings is 2. The number of fused-ring (bicyclic) bond motifs is 1. The molecule has 6 heteroatoms. The second-order valence-electron chi connectivity index (χ2n) is 7.49. The molecule has 2 aromatic rings. The Morgan fingerprint density at radius 3 is 2.45 bits per heavy atom. The lowest BCUT2D eigenvalue weighted by atomic mass is 10.1. The topological polar surface area (TPSA) is 43.9 Å². The molecule has 0 radical (unpaired) electrons. The lowest BCUT2D eigenvalue weighted by molar-refractivity contribution is -0.131. The molecule has 5 nitrogen and oxygen atoms in total. The zero-order valence-electron chi connectivity index (χ0n) is 16.3. The SMILES string of the molecule is C=C1c2ccccc2C(=O)N1CC(=O)N1CCCN(Cc2ccccc2F)CC1. The summed E-state index contributed by atoms with van der Waals surface area (Å²) in [5.41, 5.74) is 2.63. The van der Waals surface area contributed by atoms with E-state index in [0.717, 1.165) is 18.5 Å². The van der Waals surface area contributed by atoms with Crippen LogP contribution < -0.4 is 0 Å². The van der Waals surface area contributed by atoms with Gasteiger partial charge in [0.2, 0.25) is 5.91 Å². The van der Waals surface area contributed by atoms with E-state index in [1.807, 2.05) is 24.3 Å². The highest BCUT2D eigenvalue weighted by Crippen LogP contribution is 2.31. The lowest BCUT2D eigenvalue weighted by Gasteiger charge is -2.25. The predicted octanol–water partition coefficient (Wildman–Crippen LogP) is 2.99. The van der Waals surface area contributed by atoms with Crippen molar-refractivity contribution in [3.05, 3.63) is 77.6 Å². The van der Waals surface area contributed by atoms with E-state index in [0.29, 0.717) is 43.0 Å². The normalized spacial score (nSPS) is 17.4. The van der Waals surface area contributed by atoms with Gasteiger partial charge in [0.05, 0.1) is 0 Å². The fourth-order valence-electron chi connectivity index (χ4n) is 3.98. The van der Waals surface area contributed by atoms with Gasteiger partial charge in [-0.25, -0.2) is 4.39 Å². The van der Waals surface area contributed by atoms with Crippen molar-refractivity contribution >= 4 is 17.5 Å². The second kappa shape index (κ2) is 8.17. The van der Waals surface area contributed by atoms with Crippen molar-refractivity contribution in [2.24, 2.45) is 0 Å². The van der Waals surface area contributed by atoms with Crippen molar-refractivity contribution in [3.8, 4) is 0 Å².